The molecule has 0 aliphatic rings. The maximum Gasteiger partial charge on any atom is 0.185 e. The zero-order chi connectivity index (χ0) is 11.3. The summed E-state index contributed by atoms with van der Waals surface area (Å²) in [6.45, 7) is 0. The number of carbonyl (C=O) groups excluding carboxylic acids is 1. The molecule has 1 aromatic rings. The number of hydrogen-bond donors (Lipinski definition) is 1. The highest BCUT2D eigenvalue weighted by Gasteiger charge is 1.99. The van der Waals surface area contributed by atoms with Gasteiger partial charge in [0.25, 0.3) is 0 Å². The fraction of sp³-hybridized carbons (Fsp3) is 0. The molecule has 4 heteroatoms. The first-order valence-corrected chi connectivity index (χ1v) is 4.88. The molecule has 78 valence electrons. The number of phenols is 1. The SMILES string of the molecule is O=C(/C=C/C=C(Cl)Cl)c1ccc(O)cc1. The molecule has 0 radical (unpaired) electrons. The fourth-order valence-corrected chi connectivity index (χ4v) is 1.08. The van der Waals surface area contributed by atoms with Gasteiger partial charge in [0.15, 0.2) is 5.78 Å². The molecule has 0 spiro atoms. The van der Waals surface area contributed by atoms with Gasteiger partial charge in [-0.15, -0.1) is 0 Å². The number of carbonyl (C=O) groups is 1. The summed E-state index contributed by atoms with van der Waals surface area (Å²) in [5, 5.41) is 9.01. The Morgan fingerprint density at radius 1 is 1.20 bits per heavy atom. The fourth-order valence-electron chi connectivity index (χ4n) is 0.930. The van der Waals surface area contributed by atoms with Crippen molar-refractivity contribution in [3.8, 4) is 5.75 Å². The van der Waals surface area contributed by atoms with E-state index in [2.05, 4.69) is 0 Å². The number of allylic oxidation sites excluding steroid dienone is 3. The summed E-state index contributed by atoms with van der Waals surface area (Å²) in [5.41, 5.74) is 0.489. The molecule has 1 aromatic carbocycles. The number of rotatable bonds is 3. The third-order valence-electron chi connectivity index (χ3n) is 1.62. The smallest absolute Gasteiger partial charge is 0.185 e. The molecule has 0 unspecified atom stereocenters. The van der Waals surface area contributed by atoms with Gasteiger partial charge < -0.3 is 5.11 Å². The predicted molar refractivity (Wildman–Crippen MR) is 61.4 cm³/mol. The Balaban J connectivity index is 2.74. The number of halogens is 2. The quantitative estimate of drug-likeness (QED) is 0.501. The minimum Gasteiger partial charge on any atom is -0.508 e. The molecular weight excluding hydrogens is 235 g/mol. The van der Waals surface area contributed by atoms with E-state index in [1.807, 2.05) is 0 Å². The van der Waals surface area contributed by atoms with E-state index in [-0.39, 0.29) is 16.0 Å². The van der Waals surface area contributed by atoms with Crippen molar-refractivity contribution in [2.45, 2.75) is 0 Å². The molecule has 0 heterocycles. The molecule has 2 nitrogen and oxygen atoms in total. The van der Waals surface area contributed by atoms with Gasteiger partial charge in [0, 0.05) is 5.56 Å². The highest BCUT2D eigenvalue weighted by molar-refractivity contribution is 6.56. The van der Waals surface area contributed by atoms with E-state index in [1.165, 1.54) is 42.5 Å². The number of phenolic OH excluding ortho intramolecular Hbond substituents is 1. The zero-order valence-electron chi connectivity index (χ0n) is 7.65. The van der Waals surface area contributed by atoms with Crippen LogP contribution in [-0.4, -0.2) is 10.9 Å². The summed E-state index contributed by atoms with van der Waals surface area (Å²) in [7, 11) is 0. The van der Waals surface area contributed by atoms with Crippen LogP contribution in [0.1, 0.15) is 10.4 Å². The van der Waals surface area contributed by atoms with Crippen LogP contribution in [0, 0.1) is 0 Å². The van der Waals surface area contributed by atoms with Crippen molar-refractivity contribution in [1.29, 1.82) is 0 Å². The Morgan fingerprint density at radius 3 is 2.33 bits per heavy atom. The van der Waals surface area contributed by atoms with E-state index >= 15 is 0 Å². The number of hydrogen-bond acceptors (Lipinski definition) is 2. The predicted octanol–water partition coefficient (Wildman–Crippen LogP) is 3.45. The third-order valence-corrected chi connectivity index (χ3v) is 1.87. The Morgan fingerprint density at radius 2 is 1.80 bits per heavy atom. The molecule has 0 aromatic heterocycles. The molecule has 0 aliphatic heterocycles. The molecule has 0 bridgehead atoms. The van der Waals surface area contributed by atoms with E-state index in [0.717, 1.165) is 0 Å². The highest BCUT2D eigenvalue weighted by Crippen LogP contribution is 2.11. The van der Waals surface area contributed by atoms with E-state index in [1.54, 1.807) is 0 Å². The monoisotopic (exact) mass is 242 g/mol. The lowest BCUT2D eigenvalue weighted by atomic mass is 10.1. The van der Waals surface area contributed by atoms with Gasteiger partial charge in [-0.05, 0) is 36.4 Å². The van der Waals surface area contributed by atoms with Crippen molar-refractivity contribution >= 4 is 29.0 Å². The molecule has 0 fully saturated rings. The van der Waals surface area contributed by atoms with Gasteiger partial charge in [-0.3, -0.25) is 4.79 Å². The zero-order valence-corrected chi connectivity index (χ0v) is 9.16. The topological polar surface area (TPSA) is 37.3 Å². The molecule has 0 aliphatic carbocycles. The third kappa shape index (κ3) is 4.19. The maximum atomic E-state index is 11.5. The summed E-state index contributed by atoms with van der Waals surface area (Å²) in [6, 6.07) is 5.97. The normalized spacial score (nSPS) is 10.3. The van der Waals surface area contributed by atoms with Crippen LogP contribution in [0.15, 0.2) is 47.0 Å². The van der Waals surface area contributed by atoms with Crippen LogP contribution in [0.25, 0.3) is 0 Å². The maximum absolute atomic E-state index is 11.5. The lowest BCUT2D eigenvalue weighted by Crippen LogP contribution is -1.92. The molecule has 0 amide bonds. The first-order chi connectivity index (χ1) is 7.09. The van der Waals surface area contributed by atoms with Crippen LogP contribution in [0.2, 0.25) is 0 Å². The van der Waals surface area contributed by atoms with E-state index < -0.39 is 0 Å². The van der Waals surface area contributed by atoms with Crippen LogP contribution in [0.5, 0.6) is 5.75 Å². The molecule has 0 saturated heterocycles. The molecular formula is C11H8Cl2O2. The lowest BCUT2D eigenvalue weighted by Gasteiger charge is -1.95. The van der Waals surface area contributed by atoms with Gasteiger partial charge in [0.1, 0.15) is 10.2 Å². The largest absolute Gasteiger partial charge is 0.508 e. The first-order valence-electron chi connectivity index (χ1n) is 4.12. The average molecular weight is 243 g/mol. The first kappa shape index (κ1) is 11.8. The van der Waals surface area contributed by atoms with Crippen molar-refractivity contribution in [3.63, 3.8) is 0 Å². The standard InChI is InChI=1S/C11H8Cl2O2/c12-11(13)3-1-2-10(15)8-4-6-9(14)7-5-8/h1-7,14H/b2-1+. The van der Waals surface area contributed by atoms with Crippen molar-refractivity contribution in [2.75, 3.05) is 0 Å². The van der Waals surface area contributed by atoms with E-state index in [4.69, 9.17) is 28.3 Å². The molecule has 0 atom stereocenters. The molecule has 15 heavy (non-hydrogen) atoms. The Bertz CT molecular complexity index is 401. The summed E-state index contributed by atoms with van der Waals surface area (Å²) >= 11 is 10.7. The van der Waals surface area contributed by atoms with Gasteiger partial charge in [0.2, 0.25) is 0 Å². The minimum absolute atomic E-state index is 0.0877. The second-order valence-electron chi connectivity index (χ2n) is 2.73. The van der Waals surface area contributed by atoms with Crippen LogP contribution in [-0.2, 0) is 0 Å². The Kier molecular flexibility index (Phi) is 4.40. The number of aromatic hydroxyl groups is 1. The van der Waals surface area contributed by atoms with E-state index in [0.29, 0.717) is 5.56 Å². The molecule has 1 N–H and O–H groups in total. The molecule has 1 rings (SSSR count). The average Bonchev–Trinajstić information content (AvgIpc) is 2.18. The van der Waals surface area contributed by atoms with Crippen LogP contribution < -0.4 is 0 Å². The van der Waals surface area contributed by atoms with E-state index in [9.17, 15) is 4.79 Å². The second-order valence-corrected chi connectivity index (χ2v) is 3.73. The van der Waals surface area contributed by atoms with Gasteiger partial charge in [-0.1, -0.05) is 29.3 Å². The van der Waals surface area contributed by atoms with Crippen molar-refractivity contribution in [2.24, 2.45) is 0 Å². The van der Waals surface area contributed by atoms with Gasteiger partial charge in [0.05, 0.1) is 0 Å². The van der Waals surface area contributed by atoms with Gasteiger partial charge >= 0.3 is 0 Å². The van der Waals surface area contributed by atoms with Crippen LogP contribution in [0.4, 0.5) is 0 Å². The lowest BCUT2D eigenvalue weighted by molar-refractivity contribution is 0.104. The summed E-state index contributed by atoms with van der Waals surface area (Å²) in [5.74, 6) is -0.0555. The minimum atomic E-state index is -0.180. The Labute approximate surface area is 97.4 Å². The molecule has 0 saturated carbocycles. The van der Waals surface area contributed by atoms with Crippen molar-refractivity contribution < 1.29 is 9.90 Å². The van der Waals surface area contributed by atoms with Crippen molar-refractivity contribution in [3.05, 3.63) is 52.5 Å². The van der Waals surface area contributed by atoms with Crippen LogP contribution >= 0.6 is 23.2 Å². The summed E-state index contributed by atoms with van der Waals surface area (Å²) in [4.78, 5) is 11.5. The Hall–Kier alpha value is -1.25. The summed E-state index contributed by atoms with van der Waals surface area (Å²) in [6.07, 6.45) is 4.21. The summed E-state index contributed by atoms with van der Waals surface area (Å²) < 4.78 is 0.0877. The number of benzene rings is 1. The van der Waals surface area contributed by atoms with Crippen molar-refractivity contribution in [1.82, 2.24) is 0 Å². The second kappa shape index (κ2) is 5.59. The van der Waals surface area contributed by atoms with Gasteiger partial charge in [-0.2, -0.15) is 0 Å². The number of ketones is 1. The van der Waals surface area contributed by atoms with Crippen LogP contribution in [0.3, 0.4) is 0 Å². The van der Waals surface area contributed by atoms with Gasteiger partial charge in [-0.25, -0.2) is 0 Å². The highest BCUT2D eigenvalue weighted by atomic mass is 35.5.